The van der Waals surface area contributed by atoms with E-state index in [-0.39, 0.29) is 6.10 Å². The van der Waals surface area contributed by atoms with Crippen molar-refractivity contribution in [2.24, 2.45) is 4.99 Å². The topological polar surface area (TPSA) is 77.0 Å². The summed E-state index contributed by atoms with van der Waals surface area (Å²) in [5.74, 6) is 1.21. The minimum absolute atomic E-state index is 0.255. The number of nitrogens with zero attached hydrogens (tertiary/aromatic N) is 2. The Morgan fingerprint density at radius 3 is 3.12 bits per heavy atom. The van der Waals surface area contributed by atoms with Gasteiger partial charge in [-0.05, 0) is 31.9 Å². The fourth-order valence-electron chi connectivity index (χ4n) is 2.29. The van der Waals surface area contributed by atoms with Gasteiger partial charge in [0.25, 0.3) is 0 Å². The number of pyridine rings is 1. The van der Waals surface area contributed by atoms with Crippen molar-refractivity contribution in [3.05, 3.63) is 23.4 Å². The van der Waals surface area contributed by atoms with Gasteiger partial charge in [0, 0.05) is 32.5 Å². The molecule has 1 saturated heterocycles. The van der Waals surface area contributed by atoms with Gasteiger partial charge in [-0.25, -0.2) is 4.98 Å². The molecule has 1 aliphatic rings. The van der Waals surface area contributed by atoms with Crippen molar-refractivity contribution in [3.63, 3.8) is 0 Å². The third-order valence-corrected chi connectivity index (χ3v) is 3.80. The quantitative estimate of drug-likeness (QED) is 0.372. The molecule has 1 aromatic rings. The number of guanidine groups is 1. The molecule has 1 fully saturated rings. The molecule has 1 atom stereocenters. The molecule has 2 N–H and O–H groups in total. The number of nitrogens with one attached hydrogen (secondary N) is 2. The van der Waals surface area contributed by atoms with Crippen LogP contribution in [0.25, 0.3) is 0 Å². The predicted molar refractivity (Wildman–Crippen MR) is 98.5 cm³/mol. The van der Waals surface area contributed by atoms with Gasteiger partial charge < -0.3 is 24.8 Å². The van der Waals surface area contributed by atoms with E-state index in [2.05, 4.69) is 20.6 Å². The van der Waals surface area contributed by atoms with E-state index in [1.807, 2.05) is 6.92 Å². The second-order valence-electron chi connectivity index (χ2n) is 5.54. The number of aliphatic imine (C=N–C) groups is 1. The lowest BCUT2D eigenvalue weighted by Crippen LogP contribution is -2.39. The molecule has 1 unspecified atom stereocenters. The summed E-state index contributed by atoms with van der Waals surface area (Å²) in [7, 11) is 0. The maximum Gasteiger partial charge on any atom is 0.232 e. The zero-order chi connectivity index (χ0) is 17.7. The molecule has 25 heavy (non-hydrogen) atoms. The van der Waals surface area contributed by atoms with E-state index >= 15 is 0 Å². The van der Waals surface area contributed by atoms with E-state index in [1.54, 1.807) is 18.3 Å². The molecule has 2 heterocycles. The lowest BCUT2D eigenvalue weighted by Gasteiger charge is -2.12. The Kier molecular flexibility index (Phi) is 9.40. The Balaban J connectivity index is 1.60. The summed E-state index contributed by atoms with van der Waals surface area (Å²) < 4.78 is 16.6. The minimum Gasteiger partial charge on any atom is -0.475 e. The Bertz CT molecular complexity index is 524. The fraction of sp³-hybridized carbons (Fsp3) is 0.647. The Morgan fingerprint density at radius 2 is 2.36 bits per heavy atom. The summed E-state index contributed by atoms with van der Waals surface area (Å²) >= 11 is 6.00. The minimum atomic E-state index is 0.255. The Morgan fingerprint density at radius 1 is 1.44 bits per heavy atom. The van der Waals surface area contributed by atoms with Crippen molar-refractivity contribution in [2.75, 3.05) is 46.1 Å². The molecule has 8 heteroatoms. The number of halogens is 1. The van der Waals surface area contributed by atoms with Gasteiger partial charge in [-0.3, -0.25) is 4.99 Å². The predicted octanol–water partition coefficient (Wildman–Crippen LogP) is 1.86. The van der Waals surface area contributed by atoms with Gasteiger partial charge in [0.05, 0.1) is 19.3 Å². The fourth-order valence-corrected chi connectivity index (χ4v) is 2.46. The van der Waals surface area contributed by atoms with E-state index in [1.165, 1.54) is 0 Å². The first-order valence-corrected chi connectivity index (χ1v) is 9.12. The Hall–Kier alpha value is -1.57. The van der Waals surface area contributed by atoms with Crippen molar-refractivity contribution in [1.82, 2.24) is 15.6 Å². The Labute approximate surface area is 154 Å². The molecule has 7 nitrogen and oxygen atoms in total. The van der Waals surface area contributed by atoms with Gasteiger partial charge in [0.15, 0.2) is 5.96 Å². The lowest BCUT2D eigenvalue weighted by atomic mass is 10.3. The van der Waals surface area contributed by atoms with Crippen LogP contribution in [0.5, 0.6) is 5.88 Å². The first-order chi connectivity index (χ1) is 12.3. The number of ether oxygens (including phenoxy) is 3. The molecule has 1 aliphatic heterocycles. The number of hydrogen-bond acceptors (Lipinski definition) is 5. The highest BCUT2D eigenvalue weighted by atomic mass is 35.5. The summed E-state index contributed by atoms with van der Waals surface area (Å²) in [5.41, 5.74) is 0. The zero-order valence-corrected chi connectivity index (χ0v) is 15.4. The smallest absolute Gasteiger partial charge is 0.232 e. The van der Waals surface area contributed by atoms with Crippen LogP contribution in [0.15, 0.2) is 23.3 Å². The van der Waals surface area contributed by atoms with Crippen LogP contribution in [0.3, 0.4) is 0 Å². The van der Waals surface area contributed by atoms with Crippen molar-refractivity contribution >= 4 is 17.6 Å². The molecular weight excluding hydrogens is 344 g/mol. The van der Waals surface area contributed by atoms with Crippen molar-refractivity contribution in [3.8, 4) is 5.88 Å². The number of rotatable bonds is 10. The van der Waals surface area contributed by atoms with Gasteiger partial charge in [-0.1, -0.05) is 11.6 Å². The molecule has 0 aromatic carbocycles. The maximum absolute atomic E-state index is 6.00. The normalized spacial score (nSPS) is 17.5. The van der Waals surface area contributed by atoms with Gasteiger partial charge in [0.1, 0.15) is 11.6 Å². The van der Waals surface area contributed by atoms with Crippen LogP contribution in [-0.2, 0) is 9.47 Å². The van der Waals surface area contributed by atoms with Crippen molar-refractivity contribution < 1.29 is 14.2 Å². The molecule has 0 aliphatic carbocycles. The van der Waals surface area contributed by atoms with Gasteiger partial charge >= 0.3 is 0 Å². The van der Waals surface area contributed by atoms with Crippen molar-refractivity contribution in [2.45, 2.75) is 25.9 Å². The highest BCUT2D eigenvalue weighted by molar-refractivity contribution is 6.31. The second-order valence-corrected chi connectivity index (χ2v) is 5.94. The summed E-state index contributed by atoms with van der Waals surface area (Å²) in [4.78, 5) is 8.61. The van der Waals surface area contributed by atoms with Crippen LogP contribution in [-0.4, -0.2) is 63.1 Å². The van der Waals surface area contributed by atoms with E-state index in [9.17, 15) is 0 Å². The van der Waals surface area contributed by atoms with Crippen molar-refractivity contribution in [1.29, 1.82) is 0 Å². The average molecular weight is 371 g/mol. The molecule has 0 bridgehead atoms. The van der Waals surface area contributed by atoms with E-state index in [0.717, 1.165) is 32.0 Å². The maximum atomic E-state index is 6.00. The van der Waals surface area contributed by atoms with Crippen LogP contribution in [0.1, 0.15) is 19.8 Å². The van der Waals surface area contributed by atoms with Gasteiger partial charge in [-0.2, -0.15) is 0 Å². The monoisotopic (exact) mass is 370 g/mol. The number of hydrogen-bond donors (Lipinski definition) is 2. The lowest BCUT2D eigenvalue weighted by molar-refractivity contribution is 0.0424. The SMILES string of the molecule is CCNC(=NCCCOC1CCOC1)NCCOc1ncccc1Cl. The average Bonchev–Trinajstić information content (AvgIpc) is 3.13. The van der Waals surface area contributed by atoms with Crippen LogP contribution < -0.4 is 15.4 Å². The first-order valence-electron chi connectivity index (χ1n) is 8.74. The highest BCUT2D eigenvalue weighted by Crippen LogP contribution is 2.19. The number of aromatic nitrogens is 1. The zero-order valence-electron chi connectivity index (χ0n) is 14.7. The van der Waals surface area contributed by atoms with E-state index in [0.29, 0.717) is 43.8 Å². The molecule has 0 radical (unpaired) electrons. The third kappa shape index (κ3) is 7.90. The van der Waals surface area contributed by atoms with Crippen LogP contribution in [0.4, 0.5) is 0 Å². The van der Waals surface area contributed by atoms with E-state index in [4.69, 9.17) is 25.8 Å². The summed E-state index contributed by atoms with van der Waals surface area (Å²) in [6, 6.07) is 3.52. The summed E-state index contributed by atoms with van der Waals surface area (Å²) in [6.45, 7) is 6.82. The molecule has 0 spiro atoms. The molecule has 2 rings (SSSR count). The summed E-state index contributed by atoms with van der Waals surface area (Å²) in [6.07, 6.45) is 3.78. The van der Waals surface area contributed by atoms with E-state index < -0.39 is 0 Å². The van der Waals surface area contributed by atoms with Crippen LogP contribution in [0, 0.1) is 0 Å². The van der Waals surface area contributed by atoms with Gasteiger partial charge in [-0.15, -0.1) is 0 Å². The molecule has 1 aromatic heterocycles. The second kappa shape index (κ2) is 11.9. The van der Waals surface area contributed by atoms with Crippen LogP contribution in [0.2, 0.25) is 5.02 Å². The first kappa shape index (κ1) is 19.8. The highest BCUT2D eigenvalue weighted by Gasteiger charge is 2.15. The third-order valence-electron chi connectivity index (χ3n) is 3.52. The summed E-state index contributed by atoms with van der Waals surface area (Å²) in [5, 5.41) is 6.94. The molecule has 0 amide bonds. The van der Waals surface area contributed by atoms with Crippen LogP contribution >= 0.6 is 11.6 Å². The largest absolute Gasteiger partial charge is 0.475 e. The van der Waals surface area contributed by atoms with Gasteiger partial charge in [0.2, 0.25) is 5.88 Å². The molecule has 140 valence electrons. The molecule has 0 saturated carbocycles. The molecular formula is C17H27ClN4O3. The standard InChI is InChI=1S/C17H27ClN4O3/c1-2-19-17(21-8-4-10-24-14-6-11-23-13-14)22-9-12-25-16-15(18)5-3-7-20-16/h3,5,7,14H,2,4,6,8-13H2,1H3,(H2,19,21,22).